The SMILES string of the molecule is Cc1ccc(-c2cc(-c3ccc(C)cc3)n3nc(C(F)(F)F)c(-c4ccc(Cl)cc4)c3n2)cc1. The number of rotatable bonds is 3. The molecule has 3 nitrogen and oxygen atoms in total. The van der Waals surface area contributed by atoms with Gasteiger partial charge in [0.15, 0.2) is 11.3 Å². The summed E-state index contributed by atoms with van der Waals surface area (Å²) in [5.74, 6) is 0. The molecule has 0 fully saturated rings. The minimum Gasteiger partial charge on any atom is -0.228 e. The van der Waals surface area contributed by atoms with Gasteiger partial charge in [0.25, 0.3) is 0 Å². The van der Waals surface area contributed by atoms with Gasteiger partial charge in [-0.2, -0.15) is 18.3 Å². The molecule has 0 aliphatic heterocycles. The molecule has 0 amide bonds. The maximum Gasteiger partial charge on any atom is 0.435 e. The minimum atomic E-state index is -4.67. The number of hydrogen-bond acceptors (Lipinski definition) is 2. The summed E-state index contributed by atoms with van der Waals surface area (Å²) in [6.07, 6.45) is -4.67. The number of halogens is 4. The van der Waals surface area contributed by atoms with Crippen molar-refractivity contribution in [3.05, 3.63) is 101 Å². The molecule has 0 saturated carbocycles. The molecule has 2 heterocycles. The standard InChI is InChI=1S/C27H19ClF3N3/c1-16-3-7-18(8-4-16)22-15-23(19-9-5-17(2)6-10-19)34-26(32-22)24(25(33-34)27(29,30)31)20-11-13-21(28)14-12-20/h3-15H,1-2H3. The Labute approximate surface area is 199 Å². The van der Waals surface area contributed by atoms with E-state index in [1.165, 1.54) is 4.52 Å². The third-order valence-electron chi connectivity index (χ3n) is 5.69. The first kappa shape index (κ1) is 22.2. The van der Waals surface area contributed by atoms with Gasteiger partial charge < -0.3 is 0 Å². The molecule has 0 aliphatic rings. The van der Waals surface area contributed by atoms with Gasteiger partial charge in [0.1, 0.15) is 0 Å². The summed E-state index contributed by atoms with van der Waals surface area (Å²) in [7, 11) is 0. The van der Waals surface area contributed by atoms with Crippen LogP contribution in [0, 0.1) is 13.8 Å². The smallest absolute Gasteiger partial charge is 0.228 e. The maximum absolute atomic E-state index is 14.2. The van der Waals surface area contributed by atoms with Crippen LogP contribution >= 0.6 is 11.6 Å². The van der Waals surface area contributed by atoms with E-state index >= 15 is 0 Å². The molecule has 0 atom stereocenters. The van der Waals surface area contributed by atoms with Gasteiger partial charge in [-0.1, -0.05) is 83.4 Å². The average molecular weight is 478 g/mol. The molecule has 170 valence electrons. The van der Waals surface area contributed by atoms with E-state index < -0.39 is 11.9 Å². The van der Waals surface area contributed by atoms with Gasteiger partial charge in [0, 0.05) is 16.1 Å². The van der Waals surface area contributed by atoms with E-state index in [0.29, 0.717) is 22.0 Å². The summed E-state index contributed by atoms with van der Waals surface area (Å²) in [6.45, 7) is 3.93. The highest BCUT2D eigenvalue weighted by molar-refractivity contribution is 6.30. The van der Waals surface area contributed by atoms with Crippen LogP contribution in [0.25, 0.3) is 39.3 Å². The van der Waals surface area contributed by atoms with Crippen molar-refractivity contribution in [2.45, 2.75) is 20.0 Å². The van der Waals surface area contributed by atoms with Crippen LogP contribution in [-0.4, -0.2) is 14.6 Å². The zero-order valence-electron chi connectivity index (χ0n) is 18.4. The van der Waals surface area contributed by atoms with Gasteiger partial charge in [-0.05, 0) is 37.6 Å². The Morgan fingerprint density at radius 3 is 1.82 bits per heavy atom. The van der Waals surface area contributed by atoms with Crippen LogP contribution in [0.5, 0.6) is 0 Å². The van der Waals surface area contributed by atoms with Gasteiger partial charge in [-0.25, -0.2) is 9.50 Å². The predicted molar refractivity (Wildman–Crippen MR) is 129 cm³/mol. The van der Waals surface area contributed by atoms with E-state index in [0.717, 1.165) is 22.3 Å². The van der Waals surface area contributed by atoms with E-state index in [1.54, 1.807) is 30.3 Å². The summed E-state index contributed by atoms with van der Waals surface area (Å²) in [5.41, 5.74) is 4.16. The van der Waals surface area contributed by atoms with Crippen LogP contribution in [0.1, 0.15) is 16.8 Å². The molecule has 0 bridgehead atoms. The summed E-state index contributed by atoms with van der Waals surface area (Å²) in [4.78, 5) is 4.68. The van der Waals surface area contributed by atoms with Crippen molar-refractivity contribution < 1.29 is 13.2 Å². The van der Waals surface area contributed by atoms with Crippen molar-refractivity contribution in [2.75, 3.05) is 0 Å². The highest BCUT2D eigenvalue weighted by Crippen LogP contribution is 2.40. The Hall–Kier alpha value is -3.64. The van der Waals surface area contributed by atoms with E-state index in [2.05, 4.69) is 10.1 Å². The summed E-state index contributed by atoms with van der Waals surface area (Å²) in [6, 6.07) is 23.3. The Bertz CT molecular complexity index is 1480. The monoisotopic (exact) mass is 477 g/mol. The molecule has 0 radical (unpaired) electrons. The Morgan fingerprint density at radius 1 is 0.735 bits per heavy atom. The third kappa shape index (κ3) is 4.05. The minimum absolute atomic E-state index is 0.0773. The van der Waals surface area contributed by atoms with Crippen LogP contribution in [-0.2, 0) is 6.18 Å². The molecule has 0 N–H and O–H groups in total. The number of aryl methyl sites for hydroxylation is 2. The normalized spacial score (nSPS) is 11.8. The van der Waals surface area contributed by atoms with E-state index in [9.17, 15) is 13.2 Å². The molecule has 0 spiro atoms. The largest absolute Gasteiger partial charge is 0.435 e. The van der Waals surface area contributed by atoms with Crippen LogP contribution in [0.3, 0.4) is 0 Å². The second-order valence-corrected chi connectivity index (χ2v) is 8.66. The topological polar surface area (TPSA) is 30.2 Å². The van der Waals surface area contributed by atoms with Gasteiger partial charge in [-0.3, -0.25) is 0 Å². The number of benzene rings is 3. The second-order valence-electron chi connectivity index (χ2n) is 8.22. The molecule has 2 aromatic heterocycles. The lowest BCUT2D eigenvalue weighted by molar-refractivity contribution is -0.140. The van der Waals surface area contributed by atoms with E-state index in [4.69, 9.17) is 11.6 Å². The zero-order chi connectivity index (χ0) is 24.0. The first-order chi connectivity index (χ1) is 16.2. The van der Waals surface area contributed by atoms with Crippen molar-refractivity contribution >= 4 is 17.2 Å². The number of hydrogen-bond donors (Lipinski definition) is 0. The molecule has 0 unspecified atom stereocenters. The van der Waals surface area contributed by atoms with Crippen LogP contribution in [0.15, 0.2) is 78.9 Å². The van der Waals surface area contributed by atoms with E-state index in [1.807, 2.05) is 62.4 Å². The van der Waals surface area contributed by atoms with Crippen molar-refractivity contribution in [3.8, 4) is 33.6 Å². The quantitative estimate of drug-likeness (QED) is 0.263. The van der Waals surface area contributed by atoms with Crippen LogP contribution in [0.2, 0.25) is 5.02 Å². The Morgan fingerprint density at radius 2 is 1.26 bits per heavy atom. The molecule has 3 aromatic carbocycles. The maximum atomic E-state index is 14.2. The van der Waals surface area contributed by atoms with E-state index in [-0.39, 0.29) is 11.2 Å². The molecule has 7 heteroatoms. The fraction of sp³-hybridized carbons (Fsp3) is 0.111. The Kier molecular flexibility index (Phi) is 5.41. The molecular weight excluding hydrogens is 459 g/mol. The summed E-state index contributed by atoms with van der Waals surface area (Å²) >= 11 is 6.00. The van der Waals surface area contributed by atoms with Crippen molar-refractivity contribution in [1.29, 1.82) is 0 Å². The fourth-order valence-corrected chi connectivity index (χ4v) is 4.03. The van der Waals surface area contributed by atoms with Crippen molar-refractivity contribution in [2.24, 2.45) is 0 Å². The lowest BCUT2D eigenvalue weighted by Gasteiger charge is -2.10. The third-order valence-corrected chi connectivity index (χ3v) is 5.94. The van der Waals surface area contributed by atoms with Crippen molar-refractivity contribution in [1.82, 2.24) is 14.6 Å². The van der Waals surface area contributed by atoms with Gasteiger partial charge in [0.05, 0.1) is 17.0 Å². The lowest BCUT2D eigenvalue weighted by atomic mass is 10.0. The lowest BCUT2D eigenvalue weighted by Crippen LogP contribution is -2.08. The number of fused-ring (bicyclic) bond motifs is 1. The molecule has 0 saturated heterocycles. The zero-order valence-corrected chi connectivity index (χ0v) is 19.1. The highest BCUT2D eigenvalue weighted by Gasteiger charge is 2.39. The molecule has 34 heavy (non-hydrogen) atoms. The molecular formula is C27H19ClF3N3. The summed E-state index contributed by atoms with van der Waals surface area (Å²) < 4.78 is 43.8. The van der Waals surface area contributed by atoms with Crippen LogP contribution < -0.4 is 0 Å². The first-order valence-corrected chi connectivity index (χ1v) is 11.0. The fourth-order valence-electron chi connectivity index (χ4n) is 3.90. The molecule has 5 rings (SSSR count). The van der Waals surface area contributed by atoms with Crippen LogP contribution in [0.4, 0.5) is 13.2 Å². The number of alkyl halides is 3. The number of aromatic nitrogens is 3. The first-order valence-electron chi connectivity index (χ1n) is 10.6. The Balaban J connectivity index is 1.88. The van der Waals surface area contributed by atoms with Gasteiger partial charge in [0.2, 0.25) is 0 Å². The highest BCUT2D eigenvalue weighted by atomic mass is 35.5. The average Bonchev–Trinajstić information content (AvgIpc) is 3.20. The van der Waals surface area contributed by atoms with Gasteiger partial charge >= 0.3 is 6.18 Å². The molecule has 5 aromatic rings. The predicted octanol–water partition coefficient (Wildman–Crippen LogP) is 8.02. The molecule has 0 aliphatic carbocycles. The van der Waals surface area contributed by atoms with Gasteiger partial charge in [-0.15, -0.1) is 0 Å². The van der Waals surface area contributed by atoms with Crippen molar-refractivity contribution in [3.63, 3.8) is 0 Å². The summed E-state index contributed by atoms with van der Waals surface area (Å²) in [5, 5.41) is 4.46. The second kappa shape index (κ2) is 8.29. The number of nitrogens with zero attached hydrogens (tertiary/aromatic N) is 3.